The zero-order valence-corrected chi connectivity index (χ0v) is 13.1. The van der Waals surface area contributed by atoms with E-state index < -0.39 is 0 Å². The van der Waals surface area contributed by atoms with Crippen molar-refractivity contribution in [1.29, 1.82) is 0 Å². The summed E-state index contributed by atoms with van der Waals surface area (Å²) in [5.74, 6) is 2.46. The van der Waals surface area contributed by atoms with Crippen molar-refractivity contribution in [1.82, 2.24) is 4.90 Å². The Morgan fingerprint density at radius 2 is 2.14 bits per heavy atom. The summed E-state index contributed by atoms with van der Waals surface area (Å²) in [4.78, 5) is 2.66. The predicted octanol–water partition coefficient (Wildman–Crippen LogP) is 3.00. The summed E-state index contributed by atoms with van der Waals surface area (Å²) < 4.78 is 5.80. The van der Waals surface area contributed by atoms with Crippen LogP contribution in [0.2, 0.25) is 0 Å². The lowest BCUT2D eigenvalue weighted by Crippen LogP contribution is -2.50. The molecule has 1 aromatic carbocycles. The molecule has 1 aromatic rings. The maximum absolute atomic E-state index is 6.09. The summed E-state index contributed by atoms with van der Waals surface area (Å²) >= 11 is 0. The fraction of sp³-hybridized carbons (Fsp3) is 0.667. The van der Waals surface area contributed by atoms with Gasteiger partial charge in [0, 0.05) is 25.0 Å². The highest BCUT2D eigenvalue weighted by Crippen LogP contribution is 2.36. The summed E-state index contributed by atoms with van der Waals surface area (Å²) in [6, 6.07) is 9.10. The Morgan fingerprint density at radius 3 is 2.95 bits per heavy atom. The lowest BCUT2D eigenvalue weighted by atomic mass is 9.85. The van der Waals surface area contributed by atoms with Gasteiger partial charge in [-0.25, -0.2) is 0 Å². The number of nitrogens with two attached hydrogens (primary N) is 1. The number of rotatable bonds is 4. The summed E-state index contributed by atoms with van der Waals surface area (Å²) in [6.07, 6.45) is 5.05. The van der Waals surface area contributed by atoms with Crippen LogP contribution >= 0.6 is 0 Å². The highest BCUT2D eigenvalue weighted by Gasteiger charge is 2.32. The normalized spacial score (nSPS) is 29.7. The van der Waals surface area contributed by atoms with E-state index in [-0.39, 0.29) is 0 Å². The molecular weight excluding hydrogens is 260 g/mol. The molecule has 3 rings (SSSR count). The molecule has 0 amide bonds. The highest BCUT2D eigenvalue weighted by atomic mass is 16.5. The van der Waals surface area contributed by atoms with Crippen molar-refractivity contribution in [2.45, 2.75) is 44.6 Å². The van der Waals surface area contributed by atoms with Crippen molar-refractivity contribution in [2.24, 2.45) is 11.7 Å². The van der Waals surface area contributed by atoms with E-state index in [0.29, 0.717) is 12.0 Å². The zero-order chi connectivity index (χ0) is 14.7. The van der Waals surface area contributed by atoms with Gasteiger partial charge in [-0.3, -0.25) is 4.90 Å². The Morgan fingerprint density at radius 1 is 1.29 bits per heavy atom. The first-order chi connectivity index (χ1) is 10.3. The minimum absolute atomic E-state index is 0.568. The number of fused-ring (bicyclic) bond motifs is 1. The average molecular weight is 288 g/mol. The fourth-order valence-corrected chi connectivity index (χ4v) is 4.15. The Kier molecular flexibility index (Phi) is 4.81. The van der Waals surface area contributed by atoms with Crippen molar-refractivity contribution in [3.8, 4) is 5.75 Å². The molecule has 2 N–H and O–H groups in total. The van der Waals surface area contributed by atoms with Crippen molar-refractivity contribution in [3.05, 3.63) is 29.8 Å². The third-order valence-electron chi connectivity index (χ3n) is 5.34. The van der Waals surface area contributed by atoms with Gasteiger partial charge in [0.1, 0.15) is 5.75 Å². The van der Waals surface area contributed by atoms with Crippen molar-refractivity contribution in [2.75, 3.05) is 26.2 Å². The van der Waals surface area contributed by atoms with Gasteiger partial charge >= 0.3 is 0 Å². The molecule has 3 nitrogen and oxygen atoms in total. The van der Waals surface area contributed by atoms with Gasteiger partial charge in [0.25, 0.3) is 0 Å². The monoisotopic (exact) mass is 288 g/mol. The molecule has 1 saturated heterocycles. The molecule has 0 spiro atoms. The van der Waals surface area contributed by atoms with Gasteiger partial charge in [0.05, 0.1) is 6.61 Å². The molecule has 0 bridgehead atoms. The van der Waals surface area contributed by atoms with Gasteiger partial charge in [-0.15, -0.1) is 0 Å². The average Bonchev–Trinajstić information content (AvgIpc) is 2.55. The quantitative estimate of drug-likeness (QED) is 0.925. The molecule has 0 radical (unpaired) electrons. The summed E-state index contributed by atoms with van der Waals surface area (Å²) in [6.45, 7) is 6.29. The largest absolute Gasteiger partial charge is 0.493 e. The molecule has 2 aliphatic heterocycles. The number of para-hydroxylation sites is 1. The summed E-state index contributed by atoms with van der Waals surface area (Å²) in [7, 11) is 0. The van der Waals surface area contributed by atoms with E-state index in [1.54, 1.807) is 0 Å². The summed E-state index contributed by atoms with van der Waals surface area (Å²) in [5.41, 5.74) is 7.48. The van der Waals surface area contributed by atoms with Crippen LogP contribution in [0.25, 0.3) is 0 Å². The molecule has 0 aromatic heterocycles. The van der Waals surface area contributed by atoms with E-state index in [0.717, 1.165) is 37.8 Å². The standard InChI is InChI=1S/C18H28N2O/c1-2-14-6-5-10-20(17(14)12-19)13-15-9-11-21-18-8-4-3-7-16(15)18/h3-4,7-8,14-15,17H,2,5-6,9-13,19H2,1H3. The van der Waals surface area contributed by atoms with Gasteiger partial charge in [-0.2, -0.15) is 0 Å². The van der Waals surface area contributed by atoms with Crippen molar-refractivity contribution >= 4 is 0 Å². The fourth-order valence-electron chi connectivity index (χ4n) is 4.15. The van der Waals surface area contributed by atoms with Crippen LogP contribution < -0.4 is 10.5 Å². The molecule has 0 aliphatic carbocycles. The van der Waals surface area contributed by atoms with E-state index >= 15 is 0 Å². The molecular formula is C18H28N2O. The highest BCUT2D eigenvalue weighted by molar-refractivity contribution is 5.38. The van der Waals surface area contributed by atoms with Gasteiger partial charge in [0.2, 0.25) is 0 Å². The SMILES string of the molecule is CCC1CCCN(CC2CCOc3ccccc32)C1CN. The first kappa shape index (κ1) is 14.9. The van der Waals surface area contributed by atoms with Crippen LogP contribution in [0, 0.1) is 5.92 Å². The van der Waals surface area contributed by atoms with E-state index in [9.17, 15) is 0 Å². The van der Waals surface area contributed by atoms with Crippen LogP contribution in [0.4, 0.5) is 0 Å². The van der Waals surface area contributed by atoms with Crippen LogP contribution in [0.1, 0.15) is 44.1 Å². The zero-order valence-electron chi connectivity index (χ0n) is 13.1. The maximum Gasteiger partial charge on any atom is 0.122 e. The molecule has 1 fully saturated rings. The van der Waals surface area contributed by atoms with Gasteiger partial charge in [-0.05, 0) is 43.4 Å². The molecule has 3 heteroatoms. The van der Waals surface area contributed by atoms with Crippen LogP contribution in [0.3, 0.4) is 0 Å². The first-order valence-electron chi connectivity index (χ1n) is 8.49. The van der Waals surface area contributed by atoms with Crippen LogP contribution in [-0.2, 0) is 0 Å². The molecule has 3 atom stereocenters. The van der Waals surface area contributed by atoms with Crippen LogP contribution in [0.15, 0.2) is 24.3 Å². The number of ether oxygens (including phenoxy) is 1. The van der Waals surface area contributed by atoms with Gasteiger partial charge < -0.3 is 10.5 Å². The molecule has 0 saturated carbocycles. The third kappa shape index (κ3) is 3.09. The van der Waals surface area contributed by atoms with E-state index in [1.165, 1.54) is 31.4 Å². The lowest BCUT2D eigenvalue weighted by molar-refractivity contribution is 0.0828. The number of benzene rings is 1. The van der Waals surface area contributed by atoms with Gasteiger partial charge in [-0.1, -0.05) is 31.5 Å². The Hall–Kier alpha value is -1.06. The molecule has 3 unspecified atom stereocenters. The number of hydrogen-bond donors (Lipinski definition) is 1. The van der Waals surface area contributed by atoms with E-state index in [2.05, 4.69) is 36.1 Å². The maximum atomic E-state index is 6.09. The molecule has 2 heterocycles. The minimum atomic E-state index is 0.568. The van der Waals surface area contributed by atoms with Crippen LogP contribution in [-0.4, -0.2) is 37.2 Å². The third-order valence-corrected chi connectivity index (χ3v) is 5.34. The van der Waals surface area contributed by atoms with Crippen LogP contribution in [0.5, 0.6) is 5.75 Å². The van der Waals surface area contributed by atoms with E-state index in [1.807, 2.05) is 0 Å². The second kappa shape index (κ2) is 6.80. The number of likely N-dealkylation sites (tertiary alicyclic amines) is 1. The number of nitrogens with zero attached hydrogens (tertiary/aromatic N) is 1. The van der Waals surface area contributed by atoms with Crippen molar-refractivity contribution < 1.29 is 4.74 Å². The Bertz CT molecular complexity index is 462. The predicted molar refractivity (Wildman–Crippen MR) is 86.7 cm³/mol. The molecule has 116 valence electrons. The van der Waals surface area contributed by atoms with E-state index in [4.69, 9.17) is 10.5 Å². The first-order valence-corrected chi connectivity index (χ1v) is 8.49. The van der Waals surface area contributed by atoms with Gasteiger partial charge in [0.15, 0.2) is 0 Å². The second-order valence-corrected chi connectivity index (χ2v) is 6.48. The Labute approximate surface area is 128 Å². The molecule has 2 aliphatic rings. The smallest absolute Gasteiger partial charge is 0.122 e. The Balaban J connectivity index is 1.74. The summed E-state index contributed by atoms with van der Waals surface area (Å²) in [5, 5.41) is 0. The number of piperidine rings is 1. The lowest BCUT2D eigenvalue weighted by Gasteiger charge is -2.43. The molecule has 21 heavy (non-hydrogen) atoms. The topological polar surface area (TPSA) is 38.5 Å². The minimum Gasteiger partial charge on any atom is -0.493 e. The van der Waals surface area contributed by atoms with Crippen molar-refractivity contribution in [3.63, 3.8) is 0 Å². The number of hydrogen-bond acceptors (Lipinski definition) is 3. The second-order valence-electron chi connectivity index (χ2n) is 6.48.